The van der Waals surface area contributed by atoms with E-state index in [4.69, 9.17) is 0 Å². The fourth-order valence-corrected chi connectivity index (χ4v) is 2.26. The van der Waals surface area contributed by atoms with E-state index in [0.29, 0.717) is 0 Å². The molecule has 3 heteroatoms. The Labute approximate surface area is 94.1 Å². The van der Waals surface area contributed by atoms with E-state index in [1.54, 1.807) is 0 Å². The summed E-state index contributed by atoms with van der Waals surface area (Å²) in [6, 6.07) is 0. The Morgan fingerprint density at radius 2 is 2.21 bits per heavy atom. The van der Waals surface area contributed by atoms with E-state index in [-0.39, 0.29) is 0 Å². The number of hydrogen-bond acceptors (Lipinski definition) is 1. The quantitative estimate of drug-likeness (QED) is 0.740. The van der Waals surface area contributed by atoms with Gasteiger partial charge in [-0.3, -0.25) is 4.68 Å². The summed E-state index contributed by atoms with van der Waals surface area (Å²) in [4.78, 5) is 0. The standard InChI is InChI=1S/C11H17BrN2/c1-4-7-8-10-11(12)9(5-2)13-14(10)6-3/h4H,1,5-8H2,2-3H3. The summed E-state index contributed by atoms with van der Waals surface area (Å²) in [7, 11) is 0. The molecule has 0 N–H and O–H groups in total. The van der Waals surface area contributed by atoms with Crippen LogP contribution in [-0.2, 0) is 19.4 Å². The van der Waals surface area contributed by atoms with Gasteiger partial charge in [0.15, 0.2) is 0 Å². The van der Waals surface area contributed by atoms with Crippen molar-refractivity contribution in [1.82, 2.24) is 9.78 Å². The Morgan fingerprint density at radius 1 is 1.50 bits per heavy atom. The van der Waals surface area contributed by atoms with E-state index < -0.39 is 0 Å². The Bertz CT molecular complexity index is 315. The van der Waals surface area contributed by atoms with Crippen LogP contribution in [-0.4, -0.2) is 9.78 Å². The molecule has 0 aliphatic heterocycles. The lowest BCUT2D eigenvalue weighted by Gasteiger charge is -2.02. The molecule has 14 heavy (non-hydrogen) atoms. The van der Waals surface area contributed by atoms with Gasteiger partial charge in [0.25, 0.3) is 0 Å². The normalized spacial score (nSPS) is 10.5. The molecule has 1 aromatic rings. The molecule has 0 saturated heterocycles. The molecular weight excluding hydrogens is 240 g/mol. The maximum Gasteiger partial charge on any atom is 0.0766 e. The number of allylic oxidation sites excluding steroid dienone is 1. The highest BCUT2D eigenvalue weighted by atomic mass is 79.9. The van der Waals surface area contributed by atoms with Gasteiger partial charge in [-0.05, 0) is 42.1 Å². The molecule has 0 fully saturated rings. The Morgan fingerprint density at radius 3 is 2.71 bits per heavy atom. The van der Waals surface area contributed by atoms with Crippen LogP contribution in [0.25, 0.3) is 0 Å². The molecule has 0 amide bonds. The lowest BCUT2D eigenvalue weighted by Crippen LogP contribution is -2.02. The number of nitrogens with zero attached hydrogens (tertiary/aromatic N) is 2. The summed E-state index contributed by atoms with van der Waals surface area (Å²) in [5, 5.41) is 4.54. The smallest absolute Gasteiger partial charge is 0.0766 e. The molecule has 0 radical (unpaired) electrons. The molecule has 0 unspecified atom stereocenters. The van der Waals surface area contributed by atoms with Crippen LogP contribution >= 0.6 is 15.9 Å². The Kier molecular flexibility index (Phi) is 4.39. The van der Waals surface area contributed by atoms with E-state index in [1.807, 2.05) is 6.08 Å². The highest BCUT2D eigenvalue weighted by Gasteiger charge is 2.12. The van der Waals surface area contributed by atoms with Crippen LogP contribution in [0.5, 0.6) is 0 Å². The third-order valence-corrected chi connectivity index (χ3v) is 3.19. The van der Waals surface area contributed by atoms with Gasteiger partial charge in [0.1, 0.15) is 0 Å². The van der Waals surface area contributed by atoms with Crippen molar-refractivity contribution in [1.29, 1.82) is 0 Å². The first kappa shape index (κ1) is 11.5. The number of aromatic nitrogens is 2. The molecule has 0 aliphatic carbocycles. The van der Waals surface area contributed by atoms with E-state index >= 15 is 0 Å². The first-order valence-electron chi connectivity index (χ1n) is 5.09. The van der Waals surface area contributed by atoms with Crippen LogP contribution < -0.4 is 0 Å². The number of hydrogen-bond donors (Lipinski definition) is 0. The van der Waals surface area contributed by atoms with Crippen molar-refractivity contribution in [2.75, 3.05) is 0 Å². The molecule has 0 spiro atoms. The summed E-state index contributed by atoms with van der Waals surface area (Å²) in [5.74, 6) is 0. The van der Waals surface area contributed by atoms with Gasteiger partial charge in [-0.2, -0.15) is 5.10 Å². The highest BCUT2D eigenvalue weighted by molar-refractivity contribution is 9.10. The summed E-state index contributed by atoms with van der Waals surface area (Å²) < 4.78 is 3.26. The molecule has 0 aromatic carbocycles. The second-order valence-corrected chi connectivity index (χ2v) is 4.00. The zero-order valence-corrected chi connectivity index (χ0v) is 10.5. The minimum atomic E-state index is 0.936. The lowest BCUT2D eigenvalue weighted by molar-refractivity contribution is 0.612. The first-order chi connectivity index (χ1) is 6.74. The molecule has 2 nitrogen and oxygen atoms in total. The van der Waals surface area contributed by atoms with E-state index in [1.165, 1.54) is 10.2 Å². The predicted octanol–water partition coefficient (Wildman–Crippen LogP) is 3.35. The Hall–Kier alpha value is -0.570. The number of aryl methyl sites for hydroxylation is 2. The van der Waals surface area contributed by atoms with Crippen molar-refractivity contribution in [2.24, 2.45) is 0 Å². The maximum atomic E-state index is 4.54. The van der Waals surface area contributed by atoms with Crippen LogP contribution in [0.3, 0.4) is 0 Å². The average Bonchev–Trinajstić information content (AvgIpc) is 2.52. The molecule has 0 aliphatic rings. The summed E-state index contributed by atoms with van der Waals surface area (Å²) >= 11 is 3.62. The van der Waals surface area contributed by atoms with Gasteiger partial charge in [-0.15, -0.1) is 6.58 Å². The monoisotopic (exact) mass is 256 g/mol. The van der Waals surface area contributed by atoms with E-state index in [0.717, 1.165) is 31.5 Å². The van der Waals surface area contributed by atoms with Crippen molar-refractivity contribution >= 4 is 15.9 Å². The fraction of sp³-hybridized carbons (Fsp3) is 0.545. The summed E-state index contributed by atoms with van der Waals surface area (Å²) in [5.41, 5.74) is 2.45. The van der Waals surface area contributed by atoms with Crippen molar-refractivity contribution in [3.63, 3.8) is 0 Å². The van der Waals surface area contributed by atoms with Crippen LogP contribution in [0.15, 0.2) is 17.1 Å². The molecule has 0 saturated carbocycles. The van der Waals surface area contributed by atoms with Gasteiger partial charge in [0, 0.05) is 6.54 Å². The van der Waals surface area contributed by atoms with Gasteiger partial charge in [0.2, 0.25) is 0 Å². The second kappa shape index (κ2) is 5.35. The Balaban J connectivity index is 2.97. The van der Waals surface area contributed by atoms with Crippen LogP contribution in [0, 0.1) is 0 Å². The fourth-order valence-electron chi connectivity index (χ4n) is 1.49. The lowest BCUT2D eigenvalue weighted by atomic mass is 10.2. The van der Waals surface area contributed by atoms with Gasteiger partial charge in [0.05, 0.1) is 15.9 Å². The molecule has 0 bridgehead atoms. The third-order valence-electron chi connectivity index (χ3n) is 2.28. The largest absolute Gasteiger partial charge is 0.268 e. The van der Waals surface area contributed by atoms with E-state index in [2.05, 4.69) is 46.1 Å². The molecule has 0 atom stereocenters. The van der Waals surface area contributed by atoms with Crippen molar-refractivity contribution in [2.45, 2.75) is 39.7 Å². The number of halogens is 1. The SMILES string of the molecule is C=CCCc1c(Br)c(CC)nn1CC. The number of rotatable bonds is 5. The second-order valence-electron chi connectivity index (χ2n) is 3.20. The van der Waals surface area contributed by atoms with Gasteiger partial charge in [-0.1, -0.05) is 13.0 Å². The zero-order valence-electron chi connectivity index (χ0n) is 8.89. The first-order valence-corrected chi connectivity index (χ1v) is 5.88. The minimum Gasteiger partial charge on any atom is -0.268 e. The van der Waals surface area contributed by atoms with Crippen molar-refractivity contribution in [3.8, 4) is 0 Å². The van der Waals surface area contributed by atoms with Gasteiger partial charge >= 0.3 is 0 Å². The predicted molar refractivity (Wildman–Crippen MR) is 63.5 cm³/mol. The molecule has 1 rings (SSSR count). The third kappa shape index (κ3) is 2.27. The van der Waals surface area contributed by atoms with Crippen LogP contribution in [0.4, 0.5) is 0 Å². The molecule has 1 aromatic heterocycles. The van der Waals surface area contributed by atoms with Crippen LogP contribution in [0.1, 0.15) is 31.7 Å². The zero-order chi connectivity index (χ0) is 10.6. The minimum absolute atomic E-state index is 0.936. The highest BCUT2D eigenvalue weighted by Crippen LogP contribution is 2.23. The van der Waals surface area contributed by atoms with E-state index in [9.17, 15) is 0 Å². The van der Waals surface area contributed by atoms with Crippen molar-refractivity contribution < 1.29 is 0 Å². The topological polar surface area (TPSA) is 17.8 Å². The molecule has 78 valence electrons. The van der Waals surface area contributed by atoms with Crippen LogP contribution in [0.2, 0.25) is 0 Å². The summed E-state index contributed by atoms with van der Waals surface area (Å²) in [6.45, 7) is 8.93. The maximum absolute atomic E-state index is 4.54. The van der Waals surface area contributed by atoms with Gasteiger partial charge in [-0.25, -0.2) is 0 Å². The molecular formula is C11H17BrN2. The summed E-state index contributed by atoms with van der Waals surface area (Å²) in [6.07, 6.45) is 4.96. The average molecular weight is 257 g/mol. The molecule has 1 heterocycles. The van der Waals surface area contributed by atoms with Gasteiger partial charge < -0.3 is 0 Å². The van der Waals surface area contributed by atoms with Crippen molar-refractivity contribution in [3.05, 3.63) is 28.5 Å².